The first-order chi connectivity index (χ1) is 7.00. The summed E-state index contributed by atoms with van der Waals surface area (Å²) in [6.45, 7) is 1.91. The van der Waals surface area contributed by atoms with Crippen LogP contribution in [0.2, 0.25) is 0 Å². The van der Waals surface area contributed by atoms with Gasteiger partial charge in [-0.2, -0.15) is 0 Å². The van der Waals surface area contributed by atoms with Gasteiger partial charge < -0.3 is 15.1 Å². The highest BCUT2D eigenvalue weighted by Crippen LogP contribution is 2.12. The summed E-state index contributed by atoms with van der Waals surface area (Å²) in [4.78, 5) is 15.7. The van der Waals surface area contributed by atoms with Crippen LogP contribution in [-0.4, -0.2) is 33.2 Å². The van der Waals surface area contributed by atoms with E-state index in [2.05, 4.69) is 4.98 Å². The highest BCUT2D eigenvalue weighted by atomic mass is 16.4. The van der Waals surface area contributed by atoms with E-state index in [1.54, 1.807) is 25.4 Å². The van der Waals surface area contributed by atoms with E-state index in [-0.39, 0.29) is 6.54 Å². The van der Waals surface area contributed by atoms with Crippen molar-refractivity contribution in [1.29, 1.82) is 0 Å². The summed E-state index contributed by atoms with van der Waals surface area (Å²) in [5.74, 6) is 0. The molecule has 1 atom stereocenters. The Morgan fingerprint density at radius 3 is 2.80 bits per heavy atom. The van der Waals surface area contributed by atoms with Gasteiger partial charge in [-0.3, -0.25) is 4.98 Å². The van der Waals surface area contributed by atoms with Crippen molar-refractivity contribution in [3.63, 3.8) is 0 Å². The van der Waals surface area contributed by atoms with Crippen LogP contribution in [0.3, 0.4) is 0 Å². The van der Waals surface area contributed by atoms with Crippen molar-refractivity contribution in [2.45, 2.75) is 19.6 Å². The molecule has 1 aromatic heterocycles. The van der Waals surface area contributed by atoms with Crippen molar-refractivity contribution in [3.8, 4) is 0 Å². The number of hydrogen-bond donors (Lipinski definition) is 2. The molecule has 1 aromatic rings. The lowest BCUT2D eigenvalue weighted by atomic mass is 10.1. The fourth-order valence-electron chi connectivity index (χ4n) is 1.16. The summed E-state index contributed by atoms with van der Waals surface area (Å²) < 4.78 is 0. The second-order valence-corrected chi connectivity index (χ2v) is 3.44. The lowest BCUT2D eigenvalue weighted by Crippen LogP contribution is -2.24. The highest BCUT2D eigenvalue weighted by Gasteiger charge is 2.08. The number of carbonyl (C=O) groups is 1. The van der Waals surface area contributed by atoms with E-state index in [1.807, 2.05) is 0 Å². The monoisotopic (exact) mass is 210 g/mol. The average molecular weight is 210 g/mol. The molecule has 0 saturated heterocycles. The lowest BCUT2D eigenvalue weighted by molar-refractivity contribution is 0.153. The number of carboxylic acid groups (broad SMARTS) is 1. The van der Waals surface area contributed by atoms with Crippen LogP contribution in [0.4, 0.5) is 4.79 Å². The van der Waals surface area contributed by atoms with Crippen LogP contribution < -0.4 is 0 Å². The predicted molar refractivity (Wildman–Crippen MR) is 54.4 cm³/mol. The zero-order chi connectivity index (χ0) is 11.4. The van der Waals surface area contributed by atoms with Crippen LogP contribution >= 0.6 is 0 Å². The topological polar surface area (TPSA) is 73.7 Å². The standard InChI is InChI=1S/C10H14N2O3/c1-7(13)9-3-8(4-11-5-9)6-12(2)10(14)15/h3-5,7,13H,6H2,1-2H3,(H,14,15). The summed E-state index contributed by atoms with van der Waals surface area (Å²) in [5.41, 5.74) is 1.45. The van der Waals surface area contributed by atoms with Crippen LogP contribution in [0.25, 0.3) is 0 Å². The summed E-state index contributed by atoms with van der Waals surface area (Å²) in [5, 5.41) is 18.0. The number of hydrogen-bond acceptors (Lipinski definition) is 3. The zero-order valence-corrected chi connectivity index (χ0v) is 8.71. The fraction of sp³-hybridized carbons (Fsp3) is 0.400. The Balaban J connectivity index is 2.78. The van der Waals surface area contributed by atoms with Crippen LogP contribution in [-0.2, 0) is 6.54 Å². The Hall–Kier alpha value is -1.62. The molecule has 0 bridgehead atoms. The molecule has 0 aliphatic rings. The molecular weight excluding hydrogens is 196 g/mol. The minimum absolute atomic E-state index is 0.267. The van der Waals surface area contributed by atoms with Crippen molar-refractivity contribution in [2.75, 3.05) is 7.05 Å². The van der Waals surface area contributed by atoms with Gasteiger partial charge in [0.05, 0.1) is 12.6 Å². The molecule has 0 radical (unpaired) electrons. The largest absolute Gasteiger partial charge is 0.465 e. The van der Waals surface area contributed by atoms with Gasteiger partial charge in [-0.25, -0.2) is 4.79 Å². The molecule has 0 saturated carbocycles. The minimum atomic E-state index is -0.988. The molecule has 0 aromatic carbocycles. The van der Waals surface area contributed by atoms with E-state index in [0.29, 0.717) is 5.56 Å². The second-order valence-electron chi connectivity index (χ2n) is 3.44. The van der Waals surface area contributed by atoms with Crippen molar-refractivity contribution in [1.82, 2.24) is 9.88 Å². The Bertz CT molecular complexity index is 352. The van der Waals surface area contributed by atoms with Gasteiger partial charge in [0.25, 0.3) is 0 Å². The molecule has 0 fully saturated rings. The first-order valence-electron chi connectivity index (χ1n) is 4.56. The third kappa shape index (κ3) is 3.21. The summed E-state index contributed by atoms with van der Waals surface area (Å²) in [6.07, 6.45) is 1.57. The average Bonchev–Trinajstić information content (AvgIpc) is 2.18. The number of aliphatic hydroxyl groups is 1. The Morgan fingerprint density at radius 1 is 1.60 bits per heavy atom. The molecule has 15 heavy (non-hydrogen) atoms. The summed E-state index contributed by atoms with van der Waals surface area (Å²) in [7, 11) is 1.48. The van der Waals surface area contributed by atoms with Gasteiger partial charge in [-0.1, -0.05) is 0 Å². The summed E-state index contributed by atoms with van der Waals surface area (Å²) >= 11 is 0. The van der Waals surface area contributed by atoms with Crippen LogP contribution in [0.5, 0.6) is 0 Å². The quantitative estimate of drug-likeness (QED) is 0.787. The molecular formula is C10H14N2O3. The molecule has 82 valence electrons. The highest BCUT2D eigenvalue weighted by molar-refractivity contribution is 5.64. The Kier molecular flexibility index (Phi) is 3.62. The molecule has 2 N–H and O–H groups in total. The number of rotatable bonds is 3. The van der Waals surface area contributed by atoms with Gasteiger partial charge in [0, 0.05) is 19.4 Å². The van der Waals surface area contributed by atoms with E-state index < -0.39 is 12.2 Å². The minimum Gasteiger partial charge on any atom is -0.465 e. The number of amides is 1. The molecule has 0 aliphatic heterocycles. The van der Waals surface area contributed by atoms with Crippen LogP contribution in [0, 0.1) is 0 Å². The maximum absolute atomic E-state index is 10.6. The second kappa shape index (κ2) is 4.75. The van der Waals surface area contributed by atoms with E-state index in [9.17, 15) is 9.90 Å². The van der Waals surface area contributed by atoms with E-state index in [1.165, 1.54) is 7.05 Å². The van der Waals surface area contributed by atoms with Crippen LogP contribution in [0.15, 0.2) is 18.5 Å². The maximum Gasteiger partial charge on any atom is 0.407 e. The molecule has 0 aliphatic carbocycles. The first kappa shape index (κ1) is 11.5. The van der Waals surface area contributed by atoms with E-state index >= 15 is 0 Å². The normalized spacial score (nSPS) is 12.2. The molecule has 5 heteroatoms. The molecule has 1 rings (SSSR count). The molecule has 1 amide bonds. The summed E-state index contributed by atoms with van der Waals surface area (Å²) in [6, 6.07) is 1.75. The SMILES string of the molecule is CC(O)c1cncc(CN(C)C(=O)O)c1. The van der Waals surface area contributed by atoms with Gasteiger partial charge in [-0.05, 0) is 24.1 Å². The predicted octanol–water partition coefficient (Wildman–Crippen LogP) is 1.24. The van der Waals surface area contributed by atoms with Crippen molar-refractivity contribution < 1.29 is 15.0 Å². The first-order valence-corrected chi connectivity index (χ1v) is 4.56. The lowest BCUT2D eigenvalue weighted by Gasteiger charge is -2.13. The van der Waals surface area contributed by atoms with Gasteiger partial charge in [-0.15, -0.1) is 0 Å². The number of aliphatic hydroxyl groups excluding tert-OH is 1. The zero-order valence-electron chi connectivity index (χ0n) is 8.71. The smallest absolute Gasteiger partial charge is 0.407 e. The maximum atomic E-state index is 10.6. The third-order valence-electron chi connectivity index (χ3n) is 2.04. The Morgan fingerprint density at radius 2 is 2.27 bits per heavy atom. The van der Waals surface area contributed by atoms with Gasteiger partial charge in [0.1, 0.15) is 0 Å². The van der Waals surface area contributed by atoms with E-state index in [0.717, 1.165) is 10.5 Å². The number of pyridine rings is 1. The van der Waals surface area contributed by atoms with Crippen molar-refractivity contribution in [3.05, 3.63) is 29.6 Å². The molecule has 1 unspecified atom stereocenters. The fourth-order valence-corrected chi connectivity index (χ4v) is 1.16. The van der Waals surface area contributed by atoms with E-state index in [4.69, 9.17) is 5.11 Å². The van der Waals surface area contributed by atoms with Gasteiger partial charge in [0.15, 0.2) is 0 Å². The number of nitrogens with zero attached hydrogens (tertiary/aromatic N) is 2. The number of aromatic nitrogens is 1. The van der Waals surface area contributed by atoms with Gasteiger partial charge in [0.2, 0.25) is 0 Å². The van der Waals surface area contributed by atoms with Crippen molar-refractivity contribution >= 4 is 6.09 Å². The molecule has 0 spiro atoms. The third-order valence-corrected chi connectivity index (χ3v) is 2.04. The van der Waals surface area contributed by atoms with Crippen LogP contribution in [0.1, 0.15) is 24.2 Å². The van der Waals surface area contributed by atoms with Gasteiger partial charge >= 0.3 is 6.09 Å². The van der Waals surface area contributed by atoms with Crippen molar-refractivity contribution in [2.24, 2.45) is 0 Å². The molecule has 1 heterocycles. The molecule has 5 nitrogen and oxygen atoms in total. The Labute approximate surface area is 88.0 Å².